The van der Waals surface area contributed by atoms with Gasteiger partial charge in [0.05, 0.1) is 19.9 Å². The van der Waals surface area contributed by atoms with Gasteiger partial charge in [0.2, 0.25) is 0 Å². The summed E-state index contributed by atoms with van der Waals surface area (Å²) in [5.41, 5.74) is 1.02. The Morgan fingerprint density at radius 3 is 2.79 bits per heavy atom. The summed E-state index contributed by atoms with van der Waals surface area (Å²) in [6.07, 6.45) is 6.94. The van der Waals surface area contributed by atoms with Crippen LogP contribution in [0.15, 0.2) is 12.3 Å². The molecule has 1 rings (SSSR count). The molecule has 5 heteroatoms. The highest BCUT2D eigenvalue weighted by Crippen LogP contribution is 2.22. The van der Waals surface area contributed by atoms with Crippen molar-refractivity contribution in [2.75, 3.05) is 33.9 Å². The molecule has 1 N–H and O–H groups in total. The molecule has 5 nitrogen and oxygen atoms in total. The number of hydrogen-bond donors (Lipinski definition) is 1. The van der Waals surface area contributed by atoms with Gasteiger partial charge >= 0.3 is 0 Å². The third-order valence-corrected chi connectivity index (χ3v) is 2.75. The van der Waals surface area contributed by atoms with Gasteiger partial charge < -0.3 is 14.8 Å². The molecule has 0 aliphatic carbocycles. The van der Waals surface area contributed by atoms with Crippen LogP contribution < -0.4 is 10.1 Å². The Bertz CT molecular complexity index is 386. The third kappa shape index (κ3) is 5.04. The van der Waals surface area contributed by atoms with Crippen LogP contribution in [-0.4, -0.2) is 43.7 Å². The van der Waals surface area contributed by atoms with Crippen molar-refractivity contribution >= 4 is 6.08 Å². The number of ether oxygens (including phenoxy) is 2. The van der Waals surface area contributed by atoms with Crippen LogP contribution in [0.2, 0.25) is 0 Å². The van der Waals surface area contributed by atoms with E-state index in [-0.39, 0.29) is 0 Å². The first kappa shape index (κ1) is 15.7. The molecule has 0 bridgehead atoms. The molecule has 0 spiro atoms. The topological polar surface area (TPSA) is 48.3 Å². The SMILES string of the molecule is COCCNCC/C=C/c1c(OC)cnn1C(C)C. The molecule has 1 aromatic rings. The van der Waals surface area contributed by atoms with E-state index in [2.05, 4.69) is 36.4 Å². The van der Waals surface area contributed by atoms with Crippen molar-refractivity contribution in [3.8, 4) is 5.75 Å². The van der Waals surface area contributed by atoms with Crippen molar-refractivity contribution in [1.29, 1.82) is 0 Å². The van der Waals surface area contributed by atoms with E-state index < -0.39 is 0 Å². The second kappa shape index (κ2) is 8.72. The van der Waals surface area contributed by atoms with Crippen LogP contribution >= 0.6 is 0 Å². The molecule has 0 aromatic carbocycles. The zero-order valence-corrected chi connectivity index (χ0v) is 12.3. The smallest absolute Gasteiger partial charge is 0.164 e. The Hall–Kier alpha value is -1.33. The van der Waals surface area contributed by atoms with Gasteiger partial charge in [0, 0.05) is 19.7 Å². The standard InChI is InChI=1S/C14H25N3O2/c1-12(2)17-13(14(19-4)11-16-17)7-5-6-8-15-9-10-18-3/h5,7,11-12,15H,6,8-10H2,1-4H3/b7-5+. The summed E-state index contributed by atoms with van der Waals surface area (Å²) in [5.74, 6) is 0.817. The lowest BCUT2D eigenvalue weighted by Gasteiger charge is -2.09. The predicted molar refractivity (Wildman–Crippen MR) is 77.6 cm³/mol. The highest BCUT2D eigenvalue weighted by Gasteiger charge is 2.10. The number of rotatable bonds is 9. The minimum Gasteiger partial charge on any atom is -0.493 e. The van der Waals surface area contributed by atoms with Gasteiger partial charge in [-0.05, 0) is 32.9 Å². The minimum absolute atomic E-state index is 0.323. The first-order chi connectivity index (χ1) is 9.20. The predicted octanol–water partition coefficient (Wildman–Crippen LogP) is 2.11. The summed E-state index contributed by atoms with van der Waals surface area (Å²) in [7, 11) is 3.38. The molecule has 0 radical (unpaired) electrons. The van der Waals surface area contributed by atoms with E-state index in [1.54, 1.807) is 20.4 Å². The summed E-state index contributed by atoms with van der Waals surface area (Å²) in [4.78, 5) is 0. The van der Waals surface area contributed by atoms with E-state index >= 15 is 0 Å². The van der Waals surface area contributed by atoms with Crippen molar-refractivity contribution in [2.24, 2.45) is 0 Å². The Kier molecular flexibility index (Phi) is 7.22. The van der Waals surface area contributed by atoms with Crippen molar-refractivity contribution < 1.29 is 9.47 Å². The van der Waals surface area contributed by atoms with E-state index in [1.165, 1.54) is 0 Å². The quantitative estimate of drug-likeness (QED) is 0.696. The first-order valence-electron chi connectivity index (χ1n) is 6.68. The maximum Gasteiger partial charge on any atom is 0.164 e. The van der Waals surface area contributed by atoms with Gasteiger partial charge in [0.1, 0.15) is 5.69 Å². The molecule has 0 aliphatic rings. The lowest BCUT2D eigenvalue weighted by molar-refractivity contribution is 0.199. The fraction of sp³-hybridized carbons (Fsp3) is 0.643. The molecule has 0 saturated carbocycles. The van der Waals surface area contributed by atoms with Crippen LogP contribution in [0.25, 0.3) is 6.08 Å². The van der Waals surface area contributed by atoms with Crippen molar-refractivity contribution in [3.63, 3.8) is 0 Å². The van der Waals surface area contributed by atoms with Crippen molar-refractivity contribution in [2.45, 2.75) is 26.3 Å². The molecule has 0 amide bonds. The fourth-order valence-electron chi connectivity index (χ4n) is 1.76. The van der Waals surface area contributed by atoms with Crippen molar-refractivity contribution in [3.05, 3.63) is 18.0 Å². The lowest BCUT2D eigenvalue weighted by atomic mass is 10.3. The van der Waals surface area contributed by atoms with E-state index in [0.29, 0.717) is 6.04 Å². The summed E-state index contributed by atoms with van der Waals surface area (Å²) in [6.45, 7) is 6.79. The Labute approximate surface area is 115 Å². The second-order valence-corrected chi connectivity index (χ2v) is 4.57. The second-order valence-electron chi connectivity index (χ2n) is 4.57. The molecule has 108 valence electrons. The molecule has 1 aromatic heterocycles. The molecule has 1 heterocycles. The van der Waals surface area contributed by atoms with Gasteiger partial charge in [-0.25, -0.2) is 0 Å². The fourth-order valence-corrected chi connectivity index (χ4v) is 1.76. The number of nitrogens with zero attached hydrogens (tertiary/aromatic N) is 2. The van der Waals surface area contributed by atoms with Crippen molar-refractivity contribution in [1.82, 2.24) is 15.1 Å². The van der Waals surface area contributed by atoms with E-state index in [4.69, 9.17) is 9.47 Å². The average Bonchev–Trinajstić information content (AvgIpc) is 2.80. The van der Waals surface area contributed by atoms with Crippen LogP contribution in [-0.2, 0) is 4.74 Å². The van der Waals surface area contributed by atoms with Gasteiger partial charge in [0.25, 0.3) is 0 Å². The lowest BCUT2D eigenvalue weighted by Crippen LogP contribution is -2.19. The van der Waals surface area contributed by atoms with E-state index in [0.717, 1.165) is 37.6 Å². The number of aromatic nitrogens is 2. The molecule has 0 fully saturated rings. The molecular weight excluding hydrogens is 242 g/mol. The molecular formula is C14H25N3O2. The highest BCUT2D eigenvalue weighted by molar-refractivity contribution is 5.53. The molecule has 0 aliphatic heterocycles. The number of hydrogen-bond acceptors (Lipinski definition) is 4. The van der Waals surface area contributed by atoms with Crippen LogP contribution in [0.5, 0.6) is 5.75 Å². The Balaban J connectivity index is 2.48. The van der Waals surface area contributed by atoms with Crippen LogP contribution in [0.3, 0.4) is 0 Å². The zero-order valence-electron chi connectivity index (χ0n) is 12.3. The molecule has 0 saturated heterocycles. The van der Waals surface area contributed by atoms with Gasteiger partial charge in [0.15, 0.2) is 5.75 Å². The summed E-state index contributed by atoms with van der Waals surface area (Å²) >= 11 is 0. The summed E-state index contributed by atoms with van der Waals surface area (Å²) < 4.78 is 12.3. The maximum absolute atomic E-state index is 5.32. The monoisotopic (exact) mass is 267 g/mol. The first-order valence-corrected chi connectivity index (χ1v) is 6.68. The van der Waals surface area contributed by atoms with E-state index in [1.807, 2.05) is 4.68 Å². The Morgan fingerprint density at radius 1 is 1.37 bits per heavy atom. The highest BCUT2D eigenvalue weighted by atomic mass is 16.5. The van der Waals surface area contributed by atoms with E-state index in [9.17, 15) is 0 Å². The number of methoxy groups -OCH3 is 2. The molecule has 0 unspecified atom stereocenters. The van der Waals surface area contributed by atoms with Crippen LogP contribution in [0.4, 0.5) is 0 Å². The van der Waals surface area contributed by atoms with Gasteiger partial charge in [-0.15, -0.1) is 0 Å². The van der Waals surface area contributed by atoms with Crippen LogP contribution in [0.1, 0.15) is 32.0 Å². The largest absolute Gasteiger partial charge is 0.493 e. The summed E-state index contributed by atoms with van der Waals surface area (Å²) in [5, 5.41) is 7.64. The number of nitrogens with one attached hydrogen (secondary N) is 1. The van der Waals surface area contributed by atoms with Gasteiger partial charge in [-0.2, -0.15) is 5.10 Å². The van der Waals surface area contributed by atoms with Gasteiger partial charge in [-0.1, -0.05) is 6.08 Å². The normalized spacial score (nSPS) is 11.6. The molecule has 0 atom stereocenters. The maximum atomic E-state index is 5.32. The summed E-state index contributed by atoms with van der Waals surface area (Å²) in [6, 6.07) is 0.323. The minimum atomic E-state index is 0.323. The Morgan fingerprint density at radius 2 is 2.16 bits per heavy atom. The zero-order chi connectivity index (χ0) is 14.1. The average molecular weight is 267 g/mol. The van der Waals surface area contributed by atoms with Crippen LogP contribution in [0, 0.1) is 0 Å². The third-order valence-electron chi connectivity index (χ3n) is 2.75. The van der Waals surface area contributed by atoms with Gasteiger partial charge in [-0.3, -0.25) is 4.68 Å². The molecule has 19 heavy (non-hydrogen) atoms.